The lowest BCUT2D eigenvalue weighted by atomic mass is 10.0. The summed E-state index contributed by atoms with van der Waals surface area (Å²) in [6, 6.07) is 8.19. The molecule has 0 saturated heterocycles. The van der Waals surface area contributed by atoms with Crippen LogP contribution in [-0.2, 0) is 0 Å². The average Bonchev–Trinajstić information content (AvgIpc) is 2.76. The minimum atomic E-state index is 0.182. The van der Waals surface area contributed by atoms with Crippen molar-refractivity contribution in [3.8, 4) is 5.75 Å². The van der Waals surface area contributed by atoms with Crippen molar-refractivity contribution in [1.82, 2.24) is 8.75 Å². The maximum atomic E-state index is 5.93. The highest BCUT2D eigenvalue weighted by atomic mass is 35.5. The summed E-state index contributed by atoms with van der Waals surface area (Å²) in [7, 11) is 0. The SMILES string of the molecule is Clc1nsnc1NC1CCOc2ccccc21. The molecule has 1 aromatic carbocycles. The van der Waals surface area contributed by atoms with Gasteiger partial charge in [0.05, 0.1) is 24.4 Å². The average molecular weight is 268 g/mol. The number of anilines is 1. The second-order valence-electron chi connectivity index (χ2n) is 3.78. The van der Waals surface area contributed by atoms with Crippen LogP contribution >= 0.6 is 23.3 Å². The predicted octanol–water partition coefficient (Wildman–Crippen LogP) is 3.13. The summed E-state index contributed by atoms with van der Waals surface area (Å²) in [5, 5.41) is 3.74. The van der Waals surface area contributed by atoms with Crippen molar-refractivity contribution in [3.05, 3.63) is 35.0 Å². The fraction of sp³-hybridized carbons (Fsp3) is 0.273. The number of rotatable bonds is 2. The molecule has 3 rings (SSSR count). The van der Waals surface area contributed by atoms with Crippen molar-refractivity contribution < 1.29 is 4.74 Å². The van der Waals surface area contributed by atoms with E-state index in [1.165, 1.54) is 0 Å². The van der Waals surface area contributed by atoms with Crippen LogP contribution in [0.25, 0.3) is 0 Å². The number of fused-ring (bicyclic) bond motifs is 1. The molecule has 2 aromatic rings. The fourth-order valence-electron chi connectivity index (χ4n) is 1.92. The maximum absolute atomic E-state index is 5.93. The molecule has 0 fully saturated rings. The number of halogens is 1. The fourth-order valence-corrected chi connectivity index (χ4v) is 2.58. The van der Waals surface area contributed by atoms with E-state index in [0.717, 1.165) is 29.5 Å². The van der Waals surface area contributed by atoms with Crippen LogP contribution in [0, 0.1) is 0 Å². The molecule has 1 aliphatic rings. The highest BCUT2D eigenvalue weighted by molar-refractivity contribution is 6.99. The molecular weight excluding hydrogens is 258 g/mol. The molecule has 2 heterocycles. The third kappa shape index (κ3) is 2.08. The molecule has 17 heavy (non-hydrogen) atoms. The van der Waals surface area contributed by atoms with Crippen LogP contribution in [0.4, 0.5) is 5.82 Å². The summed E-state index contributed by atoms with van der Waals surface area (Å²) in [6.07, 6.45) is 0.894. The first-order valence-corrected chi connectivity index (χ1v) is 6.42. The lowest BCUT2D eigenvalue weighted by Crippen LogP contribution is -2.20. The Hall–Kier alpha value is -1.33. The van der Waals surface area contributed by atoms with Crippen molar-refractivity contribution in [2.75, 3.05) is 11.9 Å². The number of hydrogen-bond acceptors (Lipinski definition) is 5. The molecule has 0 aliphatic carbocycles. The van der Waals surface area contributed by atoms with E-state index in [9.17, 15) is 0 Å². The maximum Gasteiger partial charge on any atom is 0.186 e. The summed E-state index contributed by atoms with van der Waals surface area (Å²) in [4.78, 5) is 0. The Morgan fingerprint density at radius 1 is 1.35 bits per heavy atom. The van der Waals surface area contributed by atoms with Crippen molar-refractivity contribution in [2.45, 2.75) is 12.5 Å². The normalized spacial score (nSPS) is 18.3. The number of nitrogens with one attached hydrogen (secondary N) is 1. The molecule has 88 valence electrons. The second kappa shape index (κ2) is 4.50. The Morgan fingerprint density at radius 3 is 3.06 bits per heavy atom. The summed E-state index contributed by atoms with van der Waals surface area (Å²) in [5.41, 5.74) is 1.14. The predicted molar refractivity (Wildman–Crippen MR) is 67.8 cm³/mol. The van der Waals surface area contributed by atoms with Gasteiger partial charge in [-0.15, -0.1) is 0 Å². The first-order chi connectivity index (χ1) is 8.34. The van der Waals surface area contributed by atoms with Crippen molar-refractivity contribution in [2.24, 2.45) is 0 Å². The molecule has 1 unspecified atom stereocenters. The summed E-state index contributed by atoms with van der Waals surface area (Å²) >= 11 is 7.04. The van der Waals surface area contributed by atoms with Gasteiger partial charge in [-0.2, -0.15) is 8.75 Å². The third-order valence-electron chi connectivity index (χ3n) is 2.72. The number of aromatic nitrogens is 2. The minimum Gasteiger partial charge on any atom is -0.493 e. The molecule has 1 atom stereocenters. The van der Waals surface area contributed by atoms with Gasteiger partial charge in [0.15, 0.2) is 11.0 Å². The van der Waals surface area contributed by atoms with Gasteiger partial charge < -0.3 is 10.1 Å². The van der Waals surface area contributed by atoms with E-state index in [-0.39, 0.29) is 6.04 Å². The molecule has 6 heteroatoms. The molecule has 1 aliphatic heterocycles. The zero-order valence-corrected chi connectivity index (χ0v) is 10.5. The molecule has 0 radical (unpaired) electrons. The lowest BCUT2D eigenvalue weighted by molar-refractivity contribution is 0.274. The van der Waals surface area contributed by atoms with Gasteiger partial charge in [0.1, 0.15) is 5.75 Å². The van der Waals surface area contributed by atoms with E-state index in [0.29, 0.717) is 17.6 Å². The van der Waals surface area contributed by atoms with Gasteiger partial charge in [0.2, 0.25) is 0 Å². The van der Waals surface area contributed by atoms with E-state index in [1.807, 2.05) is 18.2 Å². The van der Waals surface area contributed by atoms with Crippen LogP contribution in [0.1, 0.15) is 18.0 Å². The first-order valence-electron chi connectivity index (χ1n) is 5.31. The van der Waals surface area contributed by atoms with Gasteiger partial charge in [0.25, 0.3) is 0 Å². The van der Waals surface area contributed by atoms with Gasteiger partial charge in [-0.3, -0.25) is 0 Å². The van der Waals surface area contributed by atoms with E-state index in [1.54, 1.807) is 0 Å². The molecule has 0 amide bonds. The van der Waals surface area contributed by atoms with Gasteiger partial charge in [-0.1, -0.05) is 29.8 Å². The van der Waals surface area contributed by atoms with Crippen LogP contribution in [0.5, 0.6) is 5.75 Å². The first kappa shape index (κ1) is 10.8. The number of hydrogen-bond donors (Lipinski definition) is 1. The lowest BCUT2D eigenvalue weighted by Gasteiger charge is -2.26. The highest BCUT2D eigenvalue weighted by Crippen LogP contribution is 2.34. The van der Waals surface area contributed by atoms with Crippen LogP contribution in [-0.4, -0.2) is 15.4 Å². The monoisotopic (exact) mass is 267 g/mol. The number of nitrogens with zero attached hydrogens (tertiary/aromatic N) is 2. The molecule has 1 aromatic heterocycles. The minimum absolute atomic E-state index is 0.182. The van der Waals surface area contributed by atoms with E-state index >= 15 is 0 Å². The van der Waals surface area contributed by atoms with Gasteiger partial charge in [-0.05, 0) is 6.07 Å². The van der Waals surface area contributed by atoms with Crippen LogP contribution in [0.2, 0.25) is 5.15 Å². The van der Waals surface area contributed by atoms with E-state index in [2.05, 4.69) is 20.1 Å². The number of ether oxygens (including phenoxy) is 1. The van der Waals surface area contributed by atoms with E-state index < -0.39 is 0 Å². The van der Waals surface area contributed by atoms with Gasteiger partial charge in [-0.25, -0.2) is 0 Å². The Labute approximate surface area is 108 Å². The van der Waals surface area contributed by atoms with Gasteiger partial charge in [0, 0.05) is 12.0 Å². The topological polar surface area (TPSA) is 47.0 Å². The summed E-state index contributed by atoms with van der Waals surface area (Å²) in [6.45, 7) is 0.698. The van der Waals surface area contributed by atoms with Gasteiger partial charge >= 0.3 is 0 Å². The molecular formula is C11H10ClN3OS. The summed E-state index contributed by atoms with van der Waals surface area (Å²) in [5.74, 6) is 1.58. The Balaban J connectivity index is 1.88. The standard InChI is InChI=1S/C11H10ClN3OS/c12-10-11(15-17-14-10)13-8-5-6-16-9-4-2-1-3-7(8)9/h1-4,8H,5-6H2,(H,13,15). The van der Waals surface area contributed by atoms with Crippen LogP contribution in [0.3, 0.4) is 0 Å². The molecule has 4 nitrogen and oxygen atoms in total. The molecule has 0 saturated carbocycles. The Kier molecular flexibility index (Phi) is 2.86. The quantitative estimate of drug-likeness (QED) is 0.908. The van der Waals surface area contributed by atoms with Crippen molar-refractivity contribution in [1.29, 1.82) is 0 Å². The molecule has 0 bridgehead atoms. The van der Waals surface area contributed by atoms with Crippen LogP contribution < -0.4 is 10.1 Å². The number of benzene rings is 1. The largest absolute Gasteiger partial charge is 0.493 e. The Morgan fingerprint density at radius 2 is 2.24 bits per heavy atom. The zero-order valence-electron chi connectivity index (χ0n) is 8.89. The molecule has 1 N–H and O–H groups in total. The zero-order chi connectivity index (χ0) is 11.7. The number of para-hydroxylation sites is 1. The van der Waals surface area contributed by atoms with E-state index in [4.69, 9.17) is 16.3 Å². The molecule has 0 spiro atoms. The summed E-state index contributed by atoms with van der Waals surface area (Å²) < 4.78 is 13.7. The highest BCUT2D eigenvalue weighted by Gasteiger charge is 2.22. The third-order valence-corrected chi connectivity index (χ3v) is 3.61. The second-order valence-corrected chi connectivity index (χ2v) is 4.66. The van der Waals surface area contributed by atoms with Crippen molar-refractivity contribution >= 4 is 29.1 Å². The smallest absolute Gasteiger partial charge is 0.186 e. The van der Waals surface area contributed by atoms with Crippen molar-refractivity contribution in [3.63, 3.8) is 0 Å². The van der Waals surface area contributed by atoms with Crippen LogP contribution in [0.15, 0.2) is 24.3 Å². The Bertz CT molecular complexity index is 531.